The number of rotatable bonds is 5. The summed E-state index contributed by atoms with van der Waals surface area (Å²) in [5, 5.41) is 0. The summed E-state index contributed by atoms with van der Waals surface area (Å²) in [5.41, 5.74) is 0.392. The van der Waals surface area contributed by atoms with Gasteiger partial charge in [0.25, 0.3) is 0 Å². The molecule has 0 aromatic heterocycles. The molecule has 2 aliphatic rings. The number of hydrogen-bond donors (Lipinski definition) is 0. The lowest BCUT2D eigenvalue weighted by atomic mass is 10.1. The Kier molecular flexibility index (Phi) is 5.53. The zero-order valence-electron chi connectivity index (χ0n) is 14.0. The molecule has 1 aromatic rings. The van der Waals surface area contributed by atoms with E-state index in [1.54, 1.807) is 18.2 Å². The number of ether oxygens (including phenoxy) is 3. The monoisotopic (exact) mass is 347 g/mol. The van der Waals surface area contributed by atoms with Crippen LogP contribution in [-0.2, 0) is 14.3 Å². The van der Waals surface area contributed by atoms with Crippen molar-refractivity contribution in [2.75, 3.05) is 32.9 Å². The van der Waals surface area contributed by atoms with Crippen molar-refractivity contribution in [1.82, 2.24) is 4.90 Å². The van der Waals surface area contributed by atoms with E-state index in [0.717, 1.165) is 19.3 Å². The van der Waals surface area contributed by atoms with E-state index >= 15 is 0 Å². The third-order valence-corrected chi connectivity index (χ3v) is 4.22. The zero-order chi connectivity index (χ0) is 17.6. The highest BCUT2D eigenvalue weighted by Crippen LogP contribution is 2.30. The Morgan fingerprint density at radius 2 is 1.88 bits per heavy atom. The third-order valence-electron chi connectivity index (χ3n) is 4.22. The lowest BCUT2D eigenvalue weighted by Crippen LogP contribution is -2.36. The van der Waals surface area contributed by atoms with Gasteiger partial charge in [-0.2, -0.15) is 0 Å². The minimum absolute atomic E-state index is 0.0346. The van der Waals surface area contributed by atoms with Crippen LogP contribution in [0.2, 0.25) is 0 Å². The van der Waals surface area contributed by atoms with Gasteiger partial charge in [0, 0.05) is 18.5 Å². The number of benzene rings is 1. The average Bonchev–Trinajstić information content (AvgIpc) is 2.83. The molecular weight excluding hydrogens is 326 g/mol. The van der Waals surface area contributed by atoms with Crippen LogP contribution in [0.3, 0.4) is 0 Å². The molecule has 3 rings (SSSR count). The van der Waals surface area contributed by atoms with Crippen LogP contribution in [0.15, 0.2) is 18.2 Å². The zero-order valence-corrected chi connectivity index (χ0v) is 14.0. The predicted molar refractivity (Wildman–Crippen MR) is 87.8 cm³/mol. The molecule has 0 N–H and O–H groups in total. The highest BCUT2D eigenvalue weighted by atomic mass is 16.6. The summed E-state index contributed by atoms with van der Waals surface area (Å²) in [6.45, 7) is 1.01. The fraction of sp³-hybridized carbons (Fsp3) is 0.500. The Balaban J connectivity index is 1.51. The molecule has 7 heteroatoms. The molecule has 0 spiro atoms. The molecule has 0 bridgehead atoms. The molecule has 1 aromatic carbocycles. The number of hydrogen-bond acceptors (Lipinski definition) is 6. The molecule has 134 valence electrons. The van der Waals surface area contributed by atoms with E-state index in [2.05, 4.69) is 0 Å². The SMILES string of the molecule is O=C(CN1CCCCCC1=O)OCC(=O)c1ccc2c(c1)OCCO2. The maximum Gasteiger partial charge on any atom is 0.326 e. The summed E-state index contributed by atoms with van der Waals surface area (Å²) in [4.78, 5) is 37.5. The van der Waals surface area contributed by atoms with Crippen LogP contribution < -0.4 is 9.47 Å². The van der Waals surface area contributed by atoms with Crippen molar-refractivity contribution in [3.05, 3.63) is 23.8 Å². The van der Waals surface area contributed by atoms with E-state index in [1.807, 2.05) is 0 Å². The van der Waals surface area contributed by atoms with E-state index in [0.29, 0.717) is 43.2 Å². The second-order valence-electron chi connectivity index (χ2n) is 6.07. The fourth-order valence-electron chi connectivity index (χ4n) is 2.85. The van der Waals surface area contributed by atoms with Crippen LogP contribution in [0.5, 0.6) is 11.5 Å². The van der Waals surface area contributed by atoms with Crippen molar-refractivity contribution in [3.63, 3.8) is 0 Å². The number of Topliss-reactive ketones (excluding diaryl/α,β-unsaturated/α-hetero) is 1. The smallest absolute Gasteiger partial charge is 0.326 e. The summed E-state index contributed by atoms with van der Waals surface area (Å²) in [5.74, 6) is 0.180. The van der Waals surface area contributed by atoms with Crippen LogP contribution in [0.1, 0.15) is 36.0 Å². The topological polar surface area (TPSA) is 82.1 Å². The summed E-state index contributed by atoms with van der Waals surface area (Å²) in [7, 11) is 0. The molecule has 0 aliphatic carbocycles. The Labute approximate surface area is 145 Å². The van der Waals surface area contributed by atoms with Crippen molar-refractivity contribution in [1.29, 1.82) is 0 Å². The predicted octanol–water partition coefficient (Wildman–Crippen LogP) is 1.59. The van der Waals surface area contributed by atoms with E-state index in [9.17, 15) is 14.4 Å². The van der Waals surface area contributed by atoms with Crippen LogP contribution >= 0.6 is 0 Å². The van der Waals surface area contributed by atoms with Gasteiger partial charge in [-0.1, -0.05) is 6.42 Å². The van der Waals surface area contributed by atoms with Crippen molar-refractivity contribution < 1.29 is 28.6 Å². The van der Waals surface area contributed by atoms with Gasteiger partial charge in [-0.25, -0.2) is 0 Å². The van der Waals surface area contributed by atoms with E-state index in [4.69, 9.17) is 14.2 Å². The van der Waals surface area contributed by atoms with E-state index < -0.39 is 5.97 Å². The summed E-state index contributed by atoms with van der Waals surface area (Å²) >= 11 is 0. The number of likely N-dealkylation sites (tertiary alicyclic amines) is 1. The number of nitrogens with zero attached hydrogens (tertiary/aromatic N) is 1. The number of ketones is 1. The molecular formula is C18H21NO6. The van der Waals surface area contributed by atoms with Crippen molar-refractivity contribution in [2.24, 2.45) is 0 Å². The van der Waals surface area contributed by atoms with Crippen molar-refractivity contribution in [3.8, 4) is 11.5 Å². The summed E-state index contributed by atoms with van der Waals surface area (Å²) in [6.07, 6.45) is 3.19. The molecule has 25 heavy (non-hydrogen) atoms. The van der Waals surface area contributed by atoms with Gasteiger partial charge in [0.15, 0.2) is 23.9 Å². The highest BCUT2D eigenvalue weighted by Gasteiger charge is 2.21. The lowest BCUT2D eigenvalue weighted by Gasteiger charge is -2.19. The minimum Gasteiger partial charge on any atom is -0.486 e. The van der Waals surface area contributed by atoms with Crippen LogP contribution in [0.25, 0.3) is 0 Å². The largest absolute Gasteiger partial charge is 0.486 e. The van der Waals surface area contributed by atoms with E-state index in [1.165, 1.54) is 4.90 Å². The molecule has 0 saturated carbocycles. The maximum absolute atomic E-state index is 12.2. The summed E-state index contributed by atoms with van der Waals surface area (Å²) in [6, 6.07) is 4.87. The molecule has 0 atom stereocenters. The maximum atomic E-state index is 12.2. The molecule has 1 saturated heterocycles. The molecule has 2 heterocycles. The average molecular weight is 347 g/mol. The van der Waals surface area contributed by atoms with Gasteiger partial charge < -0.3 is 19.1 Å². The van der Waals surface area contributed by atoms with Crippen LogP contribution in [0.4, 0.5) is 0 Å². The first-order chi connectivity index (χ1) is 12.1. The first-order valence-electron chi connectivity index (χ1n) is 8.50. The number of carbonyl (C=O) groups is 3. The second-order valence-corrected chi connectivity index (χ2v) is 6.07. The second kappa shape index (κ2) is 8.00. The third kappa shape index (κ3) is 4.49. The Hall–Kier alpha value is -2.57. The minimum atomic E-state index is -0.568. The Bertz CT molecular complexity index is 672. The van der Waals surface area contributed by atoms with Crippen molar-refractivity contribution >= 4 is 17.7 Å². The molecule has 7 nitrogen and oxygen atoms in total. The standard InChI is InChI=1S/C18H21NO6/c20-14(13-5-6-15-16(10-13)24-9-8-23-15)12-25-18(22)11-19-7-3-1-2-4-17(19)21/h5-6,10H,1-4,7-9,11-12H2. The first-order valence-corrected chi connectivity index (χ1v) is 8.50. The quantitative estimate of drug-likeness (QED) is 0.594. The molecule has 2 aliphatic heterocycles. The van der Waals surface area contributed by atoms with Crippen molar-refractivity contribution in [2.45, 2.75) is 25.7 Å². The summed E-state index contributed by atoms with van der Waals surface area (Å²) < 4.78 is 15.9. The van der Waals surface area contributed by atoms with Gasteiger partial charge in [0.1, 0.15) is 19.8 Å². The first kappa shape index (κ1) is 17.3. The highest BCUT2D eigenvalue weighted by molar-refractivity contribution is 5.98. The van der Waals surface area contributed by atoms with Gasteiger partial charge in [0.2, 0.25) is 5.91 Å². The number of esters is 1. The molecule has 1 fully saturated rings. The lowest BCUT2D eigenvalue weighted by molar-refractivity contribution is -0.148. The van der Waals surface area contributed by atoms with Gasteiger partial charge in [-0.15, -0.1) is 0 Å². The van der Waals surface area contributed by atoms with E-state index in [-0.39, 0.29) is 24.8 Å². The number of carbonyl (C=O) groups excluding carboxylic acids is 3. The molecule has 0 unspecified atom stereocenters. The van der Waals surface area contributed by atoms with Crippen LogP contribution in [-0.4, -0.2) is 55.5 Å². The fourth-order valence-corrected chi connectivity index (χ4v) is 2.85. The van der Waals surface area contributed by atoms with Gasteiger partial charge in [-0.05, 0) is 31.0 Å². The normalized spacial score (nSPS) is 17.0. The number of fused-ring (bicyclic) bond motifs is 1. The van der Waals surface area contributed by atoms with Gasteiger partial charge in [-0.3, -0.25) is 14.4 Å². The van der Waals surface area contributed by atoms with Gasteiger partial charge in [0.05, 0.1) is 0 Å². The Morgan fingerprint density at radius 3 is 2.72 bits per heavy atom. The number of amides is 1. The van der Waals surface area contributed by atoms with Crippen LogP contribution in [0, 0.1) is 0 Å². The Morgan fingerprint density at radius 1 is 1.08 bits per heavy atom. The molecule has 0 radical (unpaired) electrons. The molecule has 1 amide bonds. The van der Waals surface area contributed by atoms with Gasteiger partial charge >= 0.3 is 5.97 Å².